The van der Waals surface area contributed by atoms with Crippen LogP contribution in [0.3, 0.4) is 0 Å². The van der Waals surface area contributed by atoms with Gasteiger partial charge >= 0.3 is 5.97 Å². The molecule has 0 radical (unpaired) electrons. The van der Waals surface area contributed by atoms with Gasteiger partial charge in [0, 0.05) is 5.38 Å². The Morgan fingerprint density at radius 1 is 1.76 bits per heavy atom. The van der Waals surface area contributed by atoms with Crippen molar-refractivity contribution in [2.24, 2.45) is 0 Å². The molecule has 1 aliphatic rings. The maximum Gasteiger partial charge on any atom is 0.357 e. The summed E-state index contributed by atoms with van der Waals surface area (Å²) in [5, 5.41) is 11.3. The highest BCUT2D eigenvalue weighted by atomic mass is 32.1. The fourth-order valence-electron chi connectivity index (χ4n) is 1.56. The molecule has 0 spiro atoms. The van der Waals surface area contributed by atoms with Gasteiger partial charge in [-0.15, -0.1) is 11.3 Å². The van der Waals surface area contributed by atoms with Crippen molar-refractivity contribution in [3.8, 4) is 0 Å². The smallest absolute Gasteiger partial charge is 0.357 e. The maximum atomic E-state index is 11.5. The number of rotatable bonds is 3. The molecular weight excluding hydrogens is 244 g/mol. The highest BCUT2D eigenvalue weighted by Crippen LogP contribution is 2.25. The second kappa shape index (κ2) is 4.80. The lowest BCUT2D eigenvalue weighted by atomic mass is 10.3. The van der Waals surface area contributed by atoms with Crippen molar-refractivity contribution in [3.05, 3.63) is 11.1 Å². The molecule has 1 saturated heterocycles. The molecular formula is C10H12N2O4S. The summed E-state index contributed by atoms with van der Waals surface area (Å²) in [6, 6.07) is 0. The van der Waals surface area contributed by atoms with Crippen molar-refractivity contribution >= 4 is 28.3 Å². The Balaban J connectivity index is 2.13. The second-order valence-electron chi connectivity index (χ2n) is 3.60. The Morgan fingerprint density at radius 3 is 3.12 bits per heavy atom. The second-order valence-corrected chi connectivity index (χ2v) is 4.43. The Kier molecular flexibility index (Phi) is 3.39. The molecule has 1 aromatic rings. The van der Waals surface area contributed by atoms with Crippen LogP contribution in [0.15, 0.2) is 5.38 Å². The average Bonchev–Trinajstić information content (AvgIpc) is 2.85. The van der Waals surface area contributed by atoms with Gasteiger partial charge in [0.05, 0.1) is 25.7 Å². The Bertz CT molecular complexity index is 445. The van der Waals surface area contributed by atoms with Crippen LogP contribution in [0, 0.1) is 0 Å². The zero-order chi connectivity index (χ0) is 12.4. The fraction of sp³-hybridized carbons (Fsp3) is 0.500. The Morgan fingerprint density at radius 2 is 2.53 bits per heavy atom. The van der Waals surface area contributed by atoms with Crippen LogP contribution in [0.2, 0.25) is 0 Å². The molecule has 1 aliphatic heterocycles. The largest absolute Gasteiger partial charge is 0.461 e. The Hall–Kier alpha value is -1.47. The average molecular weight is 256 g/mol. The van der Waals surface area contributed by atoms with Gasteiger partial charge in [0.15, 0.2) is 10.8 Å². The lowest BCUT2D eigenvalue weighted by Crippen LogP contribution is -2.25. The Labute approximate surface area is 102 Å². The van der Waals surface area contributed by atoms with E-state index in [4.69, 9.17) is 4.74 Å². The number of ether oxygens (including phenoxy) is 1. The first kappa shape index (κ1) is 12.0. The topological polar surface area (TPSA) is 79.7 Å². The molecule has 0 saturated carbocycles. The minimum atomic E-state index is -0.655. The third-order valence-electron chi connectivity index (χ3n) is 2.31. The van der Waals surface area contributed by atoms with Crippen molar-refractivity contribution in [3.63, 3.8) is 0 Å². The number of amides is 1. The fourth-order valence-corrected chi connectivity index (χ4v) is 2.38. The third kappa shape index (κ3) is 2.45. The third-order valence-corrected chi connectivity index (χ3v) is 3.18. The maximum absolute atomic E-state index is 11.5. The zero-order valence-corrected chi connectivity index (χ0v) is 10.1. The summed E-state index contributed by atoms with van der Waals surface area (Å²) in [6.45, 7) is 2.23. The van der Waals surface area contributed by atoms with Crippen LogP contribution in [-0.4, -0.2) is 41.2 Å². The van der Waals surface area contributed by atoms with Crippen molar-refractivity contribution in [2.75, 3.05) is 18.1 Å². The van der Waals surface area contributed by atoms with Gasteiger partial charge in [0.2, 0.25) is 5.91 Å². The van der Waals surface area contributed by atoms with Gasteiger partial charge in [0.1, 0.15) is 0 Å². The van der Waals surface area contributed by atoms with Gasteiger partial charge < -0.3 is 9.84 Å². The molecule has 1 unspecified atom stereocenters. The SMILES string of the molecule is CCOC(=O)c1csc(N2CC(O)CC2=O)n1. The predicted octanol–water partition coefficient (Wildman–Crippen LogP) is 0.417. The number of hydrogen-bond acceptors (Lipinski definition) is 6. The molecule has 17 heavy (non-hydrogen) atoms. The van der Waals surface area contributed by atoms with Crippen molar-refractivity contribution in [1.82, 2.24) is 4.98 Å². The van der Waals surface area contributed by atoms with Crippen LogP contribution in [0.25, 0.3) is 0 Å². The van der Waals surface area contributed by atoms with Gasteiger partial charge in [0.25, 0.3) is 0 Å². The van der Waals surface area contributed by atoms with Gasteiger partial charge in [-0.05, 0) is 6.92 Å². The molecule has 92 valence electrons. The molecule has 7 heteroatoms. The number of carbonyl (C=O) groups is 2. The molecule has 1 amide bonds. The van der Waals surface area contributed by atoms with E-state index in [1.54, 1.807) is 12.3 Å². The number of nitrogens with zero attached hydrogens (tertiary/aromatic N) is 2. The first-order valence-electron chi connectivity index (χ1n) is 5.23. The minimum absolute atomic E-state index is 0.105. The van der Waals surface area contributed by atoms with Gasteiger partial charge in [-0.2, -0.15) is 0 Å². The van der Waals surface area contributed by atoms with E-state index in [2.05, 4.69) is 4.98 Å². The predicted molar refractivity (Wildman–Crippen MR) is 61.0 cm³/mol. The van der Waals surface area contributed by atoms with Crippen molar-refractivity contribution < 1.29 is 19.4 Å². The summed E-state index contributed by atoms with van der Waals surface area (Å²) in [5.41, 5.74) is 0.195. The number of carbonyl (C=O) groups excluding carboxylic acids is 2. The van der Waals surface area contributed by atoms with Crippen LogP contribution in [0.4, 0.5) is 5.13 Å². The van der Waals surface area contributed by atoms with E-state index in [1.807, 2.05) is 0 Å². The van der Waals surface area contributed by atoms with Crippen LogP contribution in [0.1, 0.15) is 23.8 Å². The zero-order valence-electron chi connectivity index (χ0n) is 9.25. The van der Waals surface area contributed by atoms with E-state index < -0.39 is 12.1 Å². The molecule has 6 nitrogen and oxygen atoms in total. The summed E-state index contributed by atoms with van der Waals surface area (Å²) in [4.78, 5) is 28.3. The highest BCUT2D eigenvalue weighted by Gasteiger charge is 2.31. The van der Waals surface area contributed by atoms with Crippen LogP contribution >= 0.6 is 11.3 Å². The molecule has 1 N–H and O–H groups in total. The molecule has 2 rings (SSSR count). The van der Waals surface area contributed by atoms with E-state index in [9.17, 15) is 14.7 Å². The van der Waals surface area contributed by atoms with Crippen LogP contribution in [0.5, 0.6) is 0 Å². The lowest BCUT2D eigenvalue weighted by Gasteiger charge is -2.10. The number of aromatic nitrogens is 1. The number of β-amino-alcohol motifs (C(OH)–C–C–N with tert-alkyl or cyclic N) is 1. The molecule has 0 aliphatic carbocycles. The number of aliphatic hydroxyl groups excluding tert-OH is 1. The van der Waals surface area contributed by atoms with Crippen LogP contribution < -0.4 is 4.90 Å². The lowest BCUT2D eigenvalue weighted by molar-refractivity contribution is -0.117. The van der Waals surface area contributed by atoms with Gasteiger partial charge in [-0.1, -0.05) is 0 Å². The minimum Gasteiger partial charge on any atom is -0.461 e. The molecule has 1 aromatic heterocycles. The van der Waals surface area contributed by atoms with E-state index in [-0.39, 0.29) is 31.2 Å². The summed E-state index contributed by atoms with van der Waals surface area (Å²) in [5.74, 6) is -0.676. The molecule has 0 bridgehead atoms. The van der Waals surface area contributed by atoms with E-state index in [0.717, 1.165) is 0 Å². The van der Waals surface area contributed by atoms with E-state index in [1.165, 1.54) is 16.2 Å². The normalized spacial score (nSPS) is 19.8. The van der Waals surface area contributed by atoms with Gasteiger partial charge in [-0.25, -0.2) is 9.78 Å². The van der Waals surface area contributed by atoms with Gasteiger partial charge in [-0.3, -0.25) is 9.69 Å². The molecule has 1 fully saturated rings. The van der Waals surface area contributed by atoms with E-state index >= 15 is 0 Å². The molecule has 1 atom stereocenters. The summed E-state index contributed by atoms with van der Waals surface area (Å²) < 4.78 is 4.80. The number of thiazole rings is 1. The molecule has 0 aromatic carbocycles. The van der Waals surface area contributed by atoms with Crippen molar-refractivity contribution in [1.29, 1.82) is 0 Å². The number of esters is 1. The molecule has 2 heterocycles. The summed E-state index contributed by atoms with van der Waals surface area (Å²) in [6.07, 6.45) is -0.550. The summed E-state index contributed by atoms with van der Waals surface area (Å²) in [7, 11) is 0. The number of anilines is 1. The van der Waals surface area contributed by atoms with Crippen molar-refractivity contribution in [2.45, 2.75) is 19.4 Å². The quantitative estimate of drug-likeness (QED) is 0.793. The highest BCUT2D eigenvalue weighted by molar-refractivity contribution is 7.14. The standard InChI is InChI=1S/C10H12N2O4S/c1-2-16-9(15)7-5-17-10(11-7)12-4-6(13)3-8(12)14/h5-6,13H,2-4H2,1H3. The van der Waals surface area contributed by atoms with E-state index in [0.29, 0.717) is 5.13 Å². The number of aliphatic hydroxyl groups is 1. The summed E-state index contributed by atoms with van der Waals surface area (Å²) >= 11 is 1.19. The monoisotopic (exact) mass is 256 g/mol. The van der Waals surface area contributed by atoms with Crippen LogP contribution in [-0.2, 0) is 9.53 Å². The first-order chi connectivity index (χ1) is 8.11. The first-order valence-corrected chi connectivity index (χ1v) is 6.11. The number of hydrogen-bond donors (Lipinski definition) is 1.